The highest BCUT2D eigenvalue weighted by Crippen LogP contribution is 2.26. The van der Waals surface area contributed by atoms with E-state index in [2.05, 4.69) is 4.74 Å². The van der Waals surface area contributed by atoms with Crippen LogP contribution in [0.1, 0.15) is 0 Å². The van der Waals surface area contributed by atoms with Crippen LogP contribution >= 0.6 is 22.6 Å². The summed E-state index contributed by atoms with van der Waals surface area (Å²) in [5.74, 6) is -1.15. The van der Waals surface area contributed by atoms with Crippen molar-refractivity contribution in [3.8, 4) is 5.75 Å². The van der Waals surface area contributed by atoms with Crippen LogP contribution in [-0.2, 0) is 0 Å². The predicted molar refractivity (Wildman–Crippen MR) is 50.7 cm³/mol. The van der Waals surface area contributed by atoms with Crippen molar-refractivity contribution in [2.45, 2.75) is 6.18 Å². The van der Waals surface area contributed by atoms with Gasteiger partial charge in [-0.05, 0) is 34.7 Å². The van der Waals surface area contributed by atoms with Crippen molar-refractivity contribution in [2.75, 3.05) is 6.61 Å². The van der Waals surface area contributed by atoms with Gasteiger partial charge >= 0.3 is 6.18 Å². The SMILES string of the molecule is Fc1cccc(I)c1OCC(F)(F)F. The molecule has 78 valence electrons. The molecule has 0 aliphatic heterocycles. The number of ether oxygens (including phenoxy) is 1. The number of alkyl halides is 3. The fourth-order valence-corrected chi connectivity index (χ4v) is 1.40. The summed E-state index contributed by atoms with van der Waals surface area (Å²) >= 11 is 1.71. The summed E-state index contributed by atoms with van der Waals surface area (Å²) in [5, 5.41) is 0. The molecule has 0 bridgehead atoms. The molecule has 0 spiro atoms. The Labute approximate surface area is 91.2 Å². The third-order valence-electron chi connectivity index (χ3n) is 1.30. The Kier molecular flexibility index (Phi) is 3.57. The van der Waals surface area contributed by atoms with Crippen molar-refractivity contribution in [3.05, 3.63) is 27.6 Å². The molecule has 0 unspecified atom stereocenters. The Morgan fingerprint density at radius 2 is 1.93 bits per heavy atom. The van der Waals surface area contributed by atoms with Crippen LogP contribution in [0.2, 0.25) is 0 Å². The van der Waals surface area contributed by atoms with E-state index < -0.39 is 18.6 Å². The van der Waals surface area contributed by atoms with Crippen LogP contribution in [0.5, 0.6) is 5.75 Å². The van der Waals surface area contributed by atoms with Crippen LogP contribution in [0, 0.1) is 9.39 Å². The normalized spacial score (nSPS) is 11.5. The summed E-state index contributed by atoms with van der Waals surface area (Å²) < 4.78 is 52.8. The molecule has 1 rings (SSSR count). The van der Waals surface area contributed by atoms with Crippen LogP contribution in [0.25, 0.3) is 0 Å². The number of para-hydroxylation sites is 1. The third kappa shape index (κ3) is 3.32. The summed E-state index contributed by atoms with van der Waals surface area (Å²) in [6.07, 6.45) is -4.45. The van der Waals surface area contributed by atoms with E-state index in [-0.39, 0.29) is 5.75 Å². The van der Waals surface area contributed by atoms with Gasteiger partial charge in [0.15, 0.2) is 18.2 Å². The Bertz CT molecular complexity index is 303. The number of hydrogen-bond donors (Lipinski definition) is 0. The lowest BCUT2D eigenvalue weighted by Crippen LogP contribution is -2.20. The Morgan fingerprint density at radius 1 is 1.29 bits per heavy atom. The Hall–Kier alpha value is -0.530. The van der Waals surface area contributed by atoms with Crippen LogP contribution < -0.4 is 4.74 Å². The van der Waals surface area contributed by atoms with Crippen LogP contribution in [0.4, 0.5) is 17.6 Å². The smallest absolute Gasteiger partial charge is 0.422 e. The molecule has 0 atom stereocenters. The maximum atomic E-state index is 12.9. The molecule has 1 aromatic rings. The van der Waals surface area contributed by atoms with Gasteiger partial charge in [0.2, 0.25) is 0 Å². The van der Waals surface area contributed by atoms with Gasteiger partial charge in [-0.25, -0.2) is 4.39 Å². The second-order valence-electron chi connectivity index (χ2n) is 2.45. The first-order chi connectivity index (χ1) is 6.40. The maximum absolute atomic E-state index is 12.9. The summed E-state index contributed by atoms with van der Waals surface area (Å²) in [7, 11) is 0. The molecule has 0 radical (unpaired) electrons. The molecule has 6 heteroatoms. The highest BCUT2D eigenvalue weighted by atomic mass is 127. The molecular weight excluding hydrogens is 315 g/mol. The number of rotatable bonds is 2. The topological polar surface area (TPSA) is 9.23 Å². The lowest BCUT2D eigenvalue weighted by atomic mass is 10.3. The maximum Gasteiger partial charge on any atom is 0.422 e. The molecular formula is C8H5F4IO. The van der Waals surface area contributed by atoms with Gasteiger partial charge in [-0.1, -0.05) is 6.07 Å². The van der Waals surface area contributed by atoms with Crippen molar-refractivity contribution in [2.24, 2.45) is 0 Å². The Balaban J connectivity index is 2.77. The van der Waals surface area contributed by atoms with Gasteiger partial charge in [-0.3, -0.25) is 0 Å². The van der Waals surface area contributed by atoms with E-state index in [4.69, 9.17) is 0 Å². The zero-order chi connectivity index (χ0) is 10.8. The first kappa shape index (κ1) is 11.5. The van der Waals surface area contributed by atoms with Crippen LogP contribution in [0.3, 0.4) is 0 Å². The number of hydrogen-bond acceptors (Lipinski definition) is 1. The van der Waals surface area contributed by atoms with Gasteiger partial charge in [0.05, 0.1) is 3.57 Å². The van der Waals surface area contributed by atoms with Gasteiger partial charge in [-0.15, -0.1) is 0 Å². The highest BCUT2D eigenvalue weighted by molar-refractivity contribution is 14.1. The van der Waals surface area contributed by atoms with Crippen LogP contribution in [-0.4, -0.2) is 12.8 Å². The standard InChI is InChI=1S/C8H5F4IO/c9-5-2-1-3-6(13)7(5)14-4-8(10,11)12/h1-3H,4H2. The van der Waals surface area contributed by atoms with E-state index in [9.17, 15) is 17.6 Å². The van der Waals surface area contributed by atoms with Crippen LogP contribution in [0.15, 0.2) is 18.2 Å². The molecule has 14 heavy (non-hydrogen) atoms. The van der Waals surface area contributed by atoms with Gasteiger partial charge in [0.1, 0.15) is 0 Å². The number of benzene rings is 1. The van der Waals surface area contributed by atoms with E-state index in [0.29, 0.717) is 3.57 Å². The summed E-state index contributed by atoms with van der Waals surface area (Å²) in [6.45, 7) is -1.48. The fourth-order valence-electron chi connectivity index (χ4n) is 0.774. The van der Waals surface area contributed by atoms with Gasteiger partial charge in [0.25, 0.3) is 0 Å². The monoisotopic (exact) mass is 320 g/mol. The molecule has 0 saturated heterocycles. The van der Waals surface area contributed by atoms with Crippen molar-refractivity contribution in [3.63, 3.8) is 0 Å². The minimum atomic E-state index is -4.45. The van der Waals surface area contributed by atoms with Crippen molar-refractivity contribution >= 4 is 22.6 Å². The molecule has 0 aromatic heterocycles. The molecule has 0 aliphatic rings. The fraction of sp³-hybridized carbons (Fsp3) is 0.250. The molecule has 0 saturated carbocycles. The predicted octanol–water partition coefficient (Wildman–Crippen LogP) is 3.37. The minimum absolute atomic E-state index is 0.312. The Morgan fingerprint density at radius 3 is 2.43 bits per heavy atom. The summed E-state index contributed by atoms with van der Waals surface area (Å²) in [5.41, 5.74) is 0. The molecule has 0 N–H and O–H groups in total. The third-order valence-corrected chi connectivity index (χ3v) is 2.15. The molecule has 0 aliphatic carbocycles. The highest BCUT2D eigenvalue weighted by Gasteiger charge is 2.29. The first-order valence-electron chi connectivity index (χ1n) is 3.54. The van der Waals surface area contributed by atoms with Crippen molar-refractivity contribution < 1.29 is 22.3 Å². The average Bonchev–Trinajstić information content (AvgIpc) is 2.01. The van der Waals surface area contributed by atoms with E-state index >= 15 is 0 Å². The summed E-state index contributed by atoms with van der Waals surface area (Å²) in [6, 6.07) is 3.92. The zero-order valence-corrected chi connectivity index (χ0v) is 8.89. The second kappa shape index (κ2) is 4.33. The lowest BCUT2D eigenvalue weighted by Gasteiger charge is -2.10. The molecule has 0 heterocycles. The van der Waals surface area contributed by atoms with E-state index in [1.54, 1.807) is 22.6 Å². The van der Waals surface area contributed by atoms with Crippen molar-refractivity contribution in [1.29, 1.82) is 0 Å². The second-order valence-corrected chi connectivity index (χ2v) is 3.62. The molecule has 0 fully saturated rings. The molecule has 0 amide bonds. The van der Waals surface area contributed by atoms with Crippen molar-refractivity contribution in [1.82, 2.24) is 0 Å². The largest absolute Gasteiger partial charge is 0.480 e. The average molecular weight is 320 g/mol. The molecule has 1 aromatic carbocycles. The zero-order valence-electron chi connectivity index (χ0n) is 6.74. The number of halogens is 5. The van der Waals surface area contributed by atoms with E-state index in [1.807, 2.05) is 0 Å². The molecule has 1 nitrogen and oxygen atoms in total. The summed E-state index contributed by atoms with van der Waals surface area (Å²) in [4.78, 5) is 0. The minimum Gasteiger partial charge on any atom is -0.480 e. The van der Waals surface area contributed by atoms with E-state index in [0.717, 1.165) is 6.07 Å². The lowest BCUT2D eigenvalue weighted by molar-refractivity contribution is -0.154. The van der Waals surface area contributed by atoms with Gasteiger partial charge < -0.3 is 4.74 Å². The quantitative estimate of drug-likeness (QED) is 0.600. The van der Waals surface area contributed by atoms with Gasteiger partial charge in [0, 0.05) is 0 Å². The van der Waals surface area contributed by atoms with E-state index in [1.165, 1.54) is 12.1 Å². The first-order valence-corrected chi connectivity index (χ1v) is 4.61. The van der Waals surface area contributed by atoms with Gasteiger partial charge in [-0.2, -0.15) is 13.2 Å².